The molecule has 2 aromatic heterocycles. The number of pyridine rings is 1. The zero-order valence-corrected chi connectivity index (χ0v) is 15.0. The maximum atomic E-state index is 12.1. The van der Waals surface area contributed by atoms with E-state index in [1.807, 2.05) is 30.5 Å². The second-order valence-electron chi connectivity index (χ2n) is 6.83. The molecule has 3 aromatic rings. The summed E-state index contributed by atoms with van der Waals surface area (Å²) in [6.07, 6.45) is 9.42. The minimum atomic E-state index is 0.0384. The Balaban J connectivity index is 1.25. The van der Waals surface area contributed by atoms with Crippen molar-refractivity contribution < 1.29 is 9.53 Å². The molecule has 1 saturated carbocycles. The van der Waals surface area contributed by atoms with E-state index in [9.17, 15) is 4.79 Å². The van der Waals surface area contributed by atoms with Crippen molar-refractivity contribution in [1.82, 2.24) is 30.5 Å². The van der Waals surface area contributed by atoms with Crippen LogP contribution in [0.25, 0.3) is 10.8 Å². The number of ether oxygens (including phenoxy) is 1. The van der Waals surface area contributed by atoms with E-state index in [4.69, 9.17) is 4.74 Å². The van der Waals surface area contributed by atoms with E-state index >= 15 is 0 Å². The Morgan fingerprint density at radius 1 is 1.22 bits per heavy atom. The van der Waals surface area contributed by atoms with Crippen molar-refractivity contribution in [1.29, 1.82) is 0 Å². The van der Waals surface area contributed by atoms with Gasteiger partial charge in [-0.25, -0.2) is 4.68 Å². The lowest BCUT2D eigenvalue weighted by atomic mass is 9.92. The molecule has 0 saturated heterocycles. The SMILES string of the molecule is O=C(CCn1cnnn1)NC1CCC(Oc2cccc3cnccc23)CC1. The van der Waals surface area contributed by atoms with E-state index in [1.165, 1.54) is 6.33 Å². The number of carbonyl (C=O) groups excluding carboxylic acids is 1. The molecule has 1 N–H and O–H groups in total. The molecule has 1 amide bonds. The molecule has 4 rings (SSSR count). The van der Waals surface area contributed by atoms with Crippen LogP contribution in [-0.4, -0.2) is 43.2 Å². The highest BCUT2D eigenvalue weighted by Gasteiger charge is 2.24. The molecule has 1 fully saturated rings. The third-order valence-electron chi connectivity index (χ3n) is 4.93. The molecule has 1 aromatic carbocycles. The van der Waals surface area contributed by atoms with Gasteiger partial charge in [-0.15, -0.1) is 5.10 Å². The lowest BCUT2D eigenvalue weighted by molar-refractivity contribution is -0.122. The number of hydrogen-bond acceptors (Lipinski definition) is 6. The largest absolute Gasteiger partial charge is 0.490 e. The van der Waals surface area contributed by atoms with Crippen LogP contribution in [0, 0.1) is 0 Å². The van der Waals surface area contributed by atoms with Crippen molar-refractivity contribution in [2.45, 2.75) is 50.8 Å². The summed E-state index contributed by atoms with van der Waals surface area (Å²) in [5.74, 6) is 0.945. The predicted octanol–water partition coefficient (Wildman–Crippen LogP) is 2.12. The van der Waals surface area contributed by atoms with Gasteiger partial charge in [0.2, 0.25) is 5.91 Å². The second-order valence-corrected chi connectivity index (χ2v) is 6.83. The molecule has 1 aliphatic rings. The van der Waals surface area contributed by atoms with Gasteiger partial charge in [0.15, 0.2) is 0 Å². The number of fused-ring (bicyclic) bond motifs is 1. The fourth-order valence-electron chi connectivity index (χ4n) is 3.50. The van der Waals surface area contributed by atoms with Gasteiger partial charge in [-0.05, 0) is 48.2 Å². The van der Waals surface area contributed by atoms with Crippen LogP contribution >= 0.6 is 0 Å². The summed E-state index contributed by atoms with van der Waals surface area (Å²) in [6, 6.07) is 8.24. The van der Waals surface area contributed by atoms with Crippen LogP contribution in [0.4, 0.5) is 0 Å². The van der Waals surface area contributed by atoms with Crippen LogP contribution in [0.15, 0.2) is 43.0 Å². The van der Waals surface area contributed by atoms with Gasteiger partial charge in [0.1, 0.15) is 12.1 Å². The maximum absolute atomic E-state index is 12.1. The van der Waals surface area contributed by atoms with E-state index in [1.54, 1.807) is 10.9 Å². The Hall–Kier alpha value is -3.03. The number of rotatable bonds is 6. The summed E-state index contributed by atoms with van der Waals surface area (Å²) < 4.78 is 7.81. The van der Waals surface area contributed by atoms with Gasteiger partial charge in [-0.3, -0.25) is 9.78 Å². The standard InChI is InChI=1S/C19H22N6O2/c26-19(9-11-25-13-21-23-24-25)22-15-4-6-16(7-5-15)27-18-3-1-2-14-12-20-10-8-17(14)18/h1-3,8,10,12-13,15-16H,4-7,9,11H2,(H,22,26). The molecule has 140 valence electrons. The van der Waals surface area contributed by atoms with E-state index < -0.39 is 0 Å². The van der Waals surface area contributed by atoms with Gasteiger partial charge < -0.3 is 10.1 Å². The summed E-state index contributed by atoms with van der Waals surface area (Å²) >= 11 is 0. The average Bonchev–Trinajstić information content (AvgIpc) is 3.22. The van der Waals surface area contributed by atoms with Crippen molar-refractivity contribution in [3.63, 3.8) is 0 Å². The van der Waals surface area contributed by atoms with E-state index in [0.29, 0.717) is 13.0 Å². The van der Waals surface area contributed by atoms with Crippen LogP contribution in [-0.2, 0) is 11.3 Å². The fourth-order valence-corrected chi connectivity index (χ4v) is 3.50. The van der Waals surface area contributed by atoms with Gasteiger partial charge >= 0.3 is 0 Å². The average molecular weight is 366 g/mol. The molecule has 0 atom stereocenters. The van der Waals surface area contributed by atoms with Crippen molar-refractivity contribution in [2.75, 3.05) is 0 Å². The van der Waals surface area contributed by atoms with Crippen LogP contribution in [0.2, 0.25) is 0 Å². The van der Waals surface area contributed by atoms with Crippen LogP contribution in [0.5, 0.6) is 5.75 Å². The molecule has 0 bridgehead atoms. The molecule has 0 unspecified atom stereocenters. The van der Waals surface area contributed by atoms with Gasteiger partial charge in [0.05, 0.1) is 12.6 Å². The second kappa shape index (κ2) is 8.11. The molecule has 0 spiro atoms. The number of carbonyl (C=O) groups is 1. The van der Waals surface area contributed by atoms with Gasteiger partial charge in [-0.2, -0.15) is 0 Å². The van der Waals surface area contributed by atoms with Gasteiger partial charge in [0, 0.05) is 35.6 Å². The first-order valence-corrected chi connectivity index (χ1v) is 9.27. The smallest absolute Gasteiger partial charge is 0.222 e. The zero-order chi connectivity index (χ0) is 18.5. The summed E-state index contributed by atoms with van der Waals surface area (Å²) in [5, 5.41) is 16.2. The minimum Gasteiger partial charge on any atom is -0.490 e. The summed E-state index contributed by atoms with van der Waals surface area (Å²) in [4.78, 5) is 16.3. The van der Waals surface area contributed by atoms with Gasteiger partial charge in [0.25, 0.3) is 0 Å². The first kappa shape index (κ1) is 17.4. The number of amides is 1. The summed E-state index contributed by atoms with van der Waals surface area (Å²) in [7, 11) is 0. The Morgan fingerprint density at radius 3 is 2.93 bits per heavy atom. The minimum absolute atomic E-state index is 0.0384. The Morgan fingerprint density at radius 2 is 2.11 bits per heavy atom. The van der Waals surface area contributed by atoms with Crippen LogP contribution in [0.1, 0.15) is 32.1 Å². The Labute approximate surface area is 156 Å². The summed E-state index contributed by atoms with van der Waals surface area (Å²) in [5.41, 5.74) is 0. The number of aromatic nitrogens is 5. The Kier molecular flexibility index (Phi) is 5.22. The molecule has 1 aliphatic carbocycles. The molecule has 27 heavy (non-hydrogen) atoms. The Bertz CT molecular complexity index is 885. The van der Waals surface area contributed by atoms with Crippen molar-refractivity contribution in [3.8, 4) is 5.75 Å². The monoisotopic (exact) mass is 366 g/mol. The zero-order valence-electron chi connectivity index (χ0n) is 15.0. The number of nitrogens with one attached hydrogen (secondary N) is 1. The molecule has 0 radical (unpaired) electrons. The number of nitrogens with zero attached hydrogens (tertiary/aromatic N) is 5. The quantitative estimate of drug-likeness (QED) is 0.718. The van der Waals surface area contributed by atoms with E-state index in [-0.39, 0.29) is 18.1 Å². The highest BCUT2D eigenvalue weighted by molar-refractivity contribution is 5.87. The molecule has 8 heteroatoms. The third kappa shape index (κ3) is 4.39. The van der Waals surface area contributed by atoms with E-state index in [0.717, 1.165) is 42.2 Å². The highest BCUT2D eigenvalue weighted by Crippen LogP contribution is 2.29. The van der Waals surface area contributed by atoms with Crippen LogP contribution in [0.3, 0.4) is 0 Å². The van der Waals surface area contributed by atoms with E-state index in [2.05, 4.69) is 25.8 Å². The van der Waals surface area contributed by atoms with Crippen molar-refractivity contribution in [2.24, 2.45) is 0 Å². The van der Waals surface area contributed by atoms with Crippen molar-refractivity contribution >= 4 is 16.7 Å². The number of hydrogen-bond donors (Lipinski definition) is 1. The first-order valence-electron chi connectivity index (χ1n) is 9.27. The number of tetrazole rings is 1. The number of benzene rings is 1. The molecule has 8 nitrogen and oxygen atoms in total. The predicted molar refractivity (Wildman–Crippen MR) is 99.0 cm³/mol. The lowest BCUT2D eigenvalue weighted by Crippen LogP contribution is -2.40. The molecular weight excluding hydrogens is 344 g/mol. The molecule has 2 heterocycles. The van der Waals surface area contributed by atoms with Gasteiger partial charge in [-0.1, -0.05) is 12.1 Å². The third-order valence-corrected chi connectivity index (χ3v) is 4.93. The van der Waals surface area contributed by atoms with Crippen molar-refractivity contribution in [3.05, 3.63) is 43.0 Å². The molecule has 0 aliphatic heterocycles. The summed E-state index contributed by atoms with van der Waals surface area (Å²) in [6.45, 7) is 0.493. The lowest BCUT2D eigenvalue weighted by Gasteiger charge is -2.29. The van der Waals surface area contributed by atoms with Crippen LogP contribution < -0.4 is 10.1 Å². The highest BCUT2D eigenvalue weighted by atomic mass is 16.5. The fraction of sp³-hybridized carbons (Fsp3) is 0.421. The number of aryl methyl sites for hydroxylation is 1. The molecular formula is C19H22N6O2. The normalized spacial score (nSPS) is 19.7. The topological polar surface area (TPSA) is 94.8 Å². The maximum Gasteiger partial charge on any atom is 0.222 e. The first-order chi connectivity index (χ1) is 13.3.